The minimum atomic E-state index is -0.268. The predicted molar refractivity (Wildman–Crippen MR) is 117 cm³/mol. The molecule has 1 amide bonds. The number of carbonyl (C=O) groups is 1. The molecule has 0 spiro atoms. The Morgan fingerprint density at radius 2 is 1.97 bits per heavy atom. The van der Waals surface area contributed by atoms with Gasteiger partial charge in [-0.2, -0.15) is 0 Å². The van der Waals surface area contributed by atoms with Crippen molar-refractivity contribution < 1.29 is 9.53 Å². The second-order valence-electron chi connectivity index (χ2n) is 8.35. The van der Waals surface area contributed by atoms with Gasteiger partial charge in [0.1, 0.15) is 5.75 Å². The van der Waals surface area contributed by atoms with E-state index in [9.17, 15) is 9.59 Å². The maximum Gasteiger partial charge on any atom is 0.325 e. The zero-order chi connectivity index (χ0) is 21.1. The highest BCUT2D eigenvalue weighted by Crippen LogP contribution is 2.22. The quantitative estimate of drug-likeness (QED) is 0.582. The van der Waals surface area contributed by atoms with E-state index >= 15 is 0 Å². The van der Waals surface area contributed by atoms with Crippen LogP contribution in [0.25, 0.3) is 22.1 Å². The van der Waals surface area contributed by atoms with Crippen LogP contribution in [0, 0.1) is 5.92 Å². The van der Waals surface area contributed by atoms with E-state index in [4.69, 9.17) is 4.74 Å². The lowest BCUT2D eigenvalue weighted by Gasteiger charge is -2.35. The Hall–Kier alpha value is -2.87. The SMILES string of the molecule is CC(C)CN1CCN(C(=O)CCCOc2ccc3nc4[nH]c(=O)[nH]c4cc3c2)CC1. The number of benzene rings is 1. The van der Waals surface area contributed by atoms with Gasteiger partial charge in [0.25, 0.3) is 0 Å². The zero-order valence-corrected chi connectivity index (χ0v) is 17.6. The summed E-state index contributed by atoms with van der Waals surface area (Å²) in [5.41, 5.74) is 1.74. The Balaban J connectivity index is 1.25. The molecule has 2 aromatic heterocycles. The van der Waals surface area contributed by atoms with Crippen LogP contribution in [0.3, 0.4) is 0 Å². The van der Waals surface area contributed by atoms with Gasteiger partial charge in [0.05, 0.1) is 17.6 Å². The summed E-state index contributed by atoms with van der Waals surface area (Å²) in [7, 11) is 0. The fourth-order valence-electron chi connectivity index (χ4n) is 3.96. The van der Waals surface area contributed by atoms with Gasteiger partial charge in [-0.25, -0.2) is 9.78 Å². The molecular formula is C22H29N5O3. The van der Waals surface area contributed by atoms with E-state index in [-0.39, 0.29) is 11.6 Å². The van der Waals surface area contributed by atoms with Gasteiger partial charge in [-0.05, 0) is 36.6 Å². The molecule has 8 heteroatoms. The molecule has 1 fully saturated rings. The molecule has 8 nitrogen and oxygen atoms in total. The van der Waals surface area contributed by atoms with E-state index < -0.39 is 0 Å². The zero-order valence-electron chi connectivity index (χ0n) is 17.6. The van der Waals surface area contributed by atoms with Crippen molar-refractivity contribution >= 4 is 28.0 Å². The predicted octanol–water partition coefficient (Wildman–Crippen LogP) is 2.36. The lowest BCUT2D eigenvalue weighted by molar-refractivity contribution is -0.133. The number of piperazine rings is 1. The van der Waals surface area contributed by atoms with Crippen molar-refractivity contribution in [3.05, 3.63) is 34.7 Å². The smallest absolute Gasteiger partial charge is 0.325 e. The van der Waals surface area contributed by atoms with Crippen molar-refractivity contribution in [3.63, 3.8) is 0 Å². The van der Waals surface area contributed by atoms with E-state index in [2.05, 4.69) is 33.7 Å². The Labute approximate surface area is 175 Å². The van der Waals surface area contributed by atoms with E-state index in [1.807, 2.05) is 29.2 Å². The molecule has 0 atom stereocenters. The third-order valence-corrected chi connectivity index (χ3v) is 5.42. The van der Waals surface area contributed by atoms with Crippen LogP contribution in [0.4, 0.5) is 0 Å². The van der Waals surface area contributed by atoms with E-state index in [1.54, 1.807) is 0 Å². The first-order valence-electron chi connectivity index (χ1n) is 10.6. The lowest BCUT2D eigenvalue weighted by atomic mass is 10.2. The molecule has 0 bridgehead atoms. The first-order chi connectivity index (χ1) is 14.5. The van der Waals surface area contributed by atoms with Gasteiger partial charge in [0, 0.05) is 44.5 Å². The molecule has 0 unspecified atom stereocenters. The number of amides is 1. The summed E-state index contributed by atoms with van der Waals surface area (Å²) < 4.78 is 5.84. The summed E-state index contributed by atoms with van der Waals surface area (Å²) in [6.07, 6.45) is 1.19. The first-order valence-corrected chi connectivity index (χ1v) is 10.6. The summed E-state index contributed by atoms with van der Waals surface area (Å²) in [6, 6.07) is 7.52. The van der Waals surface area contributed by atoms with Crippen molar-refractivity contribution in [2.75, 3.05) is 39.3 Å². The standard InChI is InChI=1S/C22H29N5O3/c1-15(2)14-26-7-9-27(10-8-26)20(28)4-3-11-30-17-5-6-18-16(12-17)13-19-21(23-18)25-22(29)24-19/h5-6,12-13,15H,3-4,7-11,14H2,1-2H3,(H2,23,24,25,29). The van der Waals surface area contributed by atoms with Gasteiger partial charge in [0.2, 0.25) is 5.91 Å². The van der Waals surface area contributed by atoms with Crippen molar-refractivity contribution in [3.8, 4) is 5.75 Å². The third kappa shape index (κ3) is 4.81. The van der Waals surface area contributed by atoms with Crippen molar-refractivity contribution in [2.24, 2.45) is 5.92 Å². The maximum absolute atomic E-state index is 12.5. The number of imidazole rings is 1. The van der Waals surface area contributed by atoms with Crippen LogP contribution in [-0.2, 0) is 4.79 Å². The largest absolute Gasteiger partial charge is 0.494 e. The minimum Gasteiger partial charge on any atom is -0.494 e. The van der Waals surface area contributed by atoms with Gasteiger partial charge in [-0.1, -0.05) is 13.8 Å². The molecular weight excluding hydrogens is 382 g/mol. The molecule has 0 aliphatic carbocycles. The Bertz CT molecular complexity index is 1080. The van der Waals surface area contributed by atoms with Gasteiger partial charge in [0.15, 0.2) is 5.65 Å². The highest BCUT2D eigenvalue weighted by molar-refractivity contribution is 5.90. The number of carbonyl (C=O) groups excluding carboxylic acids is 1. The monoisotopic (exact) mass is 411 g/mol. The number of nitrogens with one attached hydrogen (secondary N) is 2. The number of aromatic nitrogens is 3. The maximum atomic E-state index is 12.5. The average Bonchev–Trinajstić information content (AvgIpc) is 3.08. The molecule has 3 heterocycles. The Kier molecular flexibility index (Phi) is 6.03. The van der Waals surface area contributed by atoms with Crippen LogP contribution < -0.4 is 10.4 Å². The van der Waals surface area contributed by atoms with Crippen LogP contribution in [0.1, 0.15) is 26.7 Å². The number of rotatable bonds is 7. The number of H-pyrrole nitrogens is 2. The second-order valence-corrected chi connectivity index (χ2v) is 8.35. The molecule has 0 radical (unpaired) electrons. The first kappa shape index (κ1) is 20.4. The summed E-state index contributed by atoms with van der Waals surface area (Å²) in [6.45, 7) is 9.61. The molecule has 2 N–H and O–H groups in total. The fraction of sp³-hybridized carbons (Fsp3) is 0.500. The number of hydrogen-bond donors (Lipinski definition) is 2. The number of fused-ring (bicyclic) bond motifs is 2. The second kappa shape index (κ2) is 8.87. The lowest BCUT2D eigenvalue weighted by Crippen LogP contribution is -2.49. The molecule has 160 valence electrons. The van der Waals surface area contributed by atoms with Crippen LogP contribution in [0.15, 0.2) is 29.1 Å². The van der Waals surface area contributed by atoms with Crippen LogP contribution >= 0.6 is 0 Å². The number of hydrogen-bond acceptors (Lipinski definition) is 5. The molecule has 3 aromatic rings. The minimum absolute atomic E-state index is 0.212. The Morgan fingerprint density at radius 1 is 1.17 bits per heavy atom. The molecule has 30 heavy (non-hydrogen) atoms. The Morgan fingerprint density at radius 3 is 2.73 bits per heavy atom. The number of aromatic amines is 2. The van der Waals surface area contributed by atoms with Gasteiger partial charge in [-0.3, -0.25) is 14.7 Å². The van der Waals surface area contributed by atoms with Crippen LogP contribution in [-0.4, -0.2) is 70.0 Å². The summed E-state index contributed by atoms with van der Waals surface area (Å²) >= 11 is 0. The van der Waals surface area contributed by atoms with Crippen molar-refractivity contribution in [1.29, 1.82) is 0 Å². The number of ether oxygens (including phenoxy) is 1. The van der Waals surface area contributed by atoms with Gasteiger partial charge < -0.3 is 14.6 Å². The summed E-state index contributed by atoms with van der Waals surface area (Å²) in [4.78, 5) is 38.1. The van der Waals surface area contributed by atoms with Gasteiger partial charge >= 0.3 is 5.69 Å². The van der Waals surface area contributed by atoms with Crippen LogP contribution in [0.2, 0.25) is 0 Å². The van der Waals surface area contributed by atoms with E-state index in [0.717, 1.165) is 49.4 Å². The summed E-state index contributed by atoms with van der Waals surface area (Å²) in [5, 5.41) is 0.894. The molecule has 4 rings (SSSR count). The van der Waals surface area contributed by atoms with Crippen molar-refractivity contribution in [1.82, 2.24) is 24.8 Å². The topological polar surface area (TPSA) is 94.3 Å². The summed E-state index contributed by atoms with van der Waals surface area (Å²) in [5.74, 6) is 1.60. The van der Waals surface area contributed by atoms with E-state index in [1.165, 1.54) is 0 Å². The molecule has 1 saturated heterocycles. The van der Waals surface area contributed by atoms with Crippen LogP contribution in [0.5, 0.6) is 5.75 Å². The molecule has 1 aliphatic heterocycles. The molecule has 1 aromatic carbocycles. The third-order valence-electron chi connectivity index (χ3n) is 5.42. The van der Waals surface area contributed by atoms with Gasteiger partial charge in [-0.15, -0.1) is 0 Å². The fourth-order valence-corrected chi connectivity index (χ4v) is 3.96. The number of nitrogens with zero attached hydrogens (tertiary/aromatic N) is 3. The molecule has 1 aliphatic rings. The highest BCUT2D eigenvalue weighted by Gasteiger charge is 2.20. The number of pyridine rings is 1. The average molecular weight is 412 g/mol. The normalized spacial score (nSPS) is 15.4. The highest BCUT2D eigenvalue weighted by atomic mass is 16.5. The van der Waals surface area contributed by atoms with E-state index in [0.29, 0.717) is 36.5 Å². The van der Waals surface area contributed by atoms with Crippen molar-refractivity contribution in [2.45, 2.75) is 26.7 Å². The molecule has 0 saturated carbocycles.